The Balaban J connectivity index is 2.28. The maximum absolute atomic E-state index is 12.0. The number of unbranched alkanes of at least 4 members (excludes halogenated alkanes) is 5. The van der Waals surface area contributed by atoms with Crippen LogP contribution in [0.25, 0.3) is 0 Å². The number of carbonyl (C=O) groups is 2. The molecule has 0 aliphatic carbocycles. The molecule has 0 aromatic heterocycles. The van der Waals surface area contributed by atoms with E-state index < -0.39 is 36.4 Å². The number of aliphatic carboxylic acids is 1. The van der Waals surface area contributed by atoms with Crippen molar-refractivity contribution in [3.05, 3.63) is 23.8 Å². The zero-order valence-electron chi connectivity index (χ0n) is 20.9. The van der Waals surface area contributed by atoms with Crippen LogP contribution in [0.2, 0.25) is 0 Å². The van der Waals surface area contributed by atoms with E-state index in [0.29, 0.717) is 38.0 Å². The summed E-state index contributed by atoms with van der Waals surface area (Å²) in [6, 6.07) is 0. The van der Waals surface area contributed by atoms with Gasteiger partial charge < -0.3 is 29.9 Å². The molecule has 0 bridgehead atoms. The van der Waals surface area contributed by atoms with Gasteiger partial charge in [-0.25, -0.2) is 4.79 Å². The zero-order chi connectivity index (χ0) is 25.5. The fourth-order valence-corrected chi connectivity index (χ4v) is 3.84. The summed E-state index contributed by atoms with van der Waals surface area (Å²) in [5.41, 5.74) is 0.712. The Bertz CT molecular complexity index is 657. The van der Waals surface area contributed by atoms with Crippen molar-refractivity contribution in [1.82, 2.24) is 0 Å². The van der Waals surface area contributed by atoms with Gasteiger partial charge in [-0.05, 0) is 45.4 Å². The molecule has 1 fully saturated rings. The third-order valence-electron chi connectivity index (χ3n) is 6.29. The molecule has 196 valence electrons. The van der Waals surface area contributed by atoms with Crippen molar-refractivity contribution in [2.45, 2.75) is 103 Å². The molecule has 0 aromatic rings. The number of rotatable bonds is 16. The molecule has 0 aromatic carbocycles. The molecule has 0 spiro atoms. The van der Waals surface area contributed by atoms with Gasteiger partial charge in [0.25, 0.3) is 0 Å². The first kappa shape index (κ1) is 30.3. The first-order chi connectivity index (χ1) is 16.1. The number of esters is 1. The van der Waals surface area contributed by atoms with Crippen molar-refractivity contribution in [3.8, 4) is 0 Å². The third-order valence-corrected chi connectivity index (χ3v) is 6.29. The first-order valence-electron chi connectivity index (χ1n) is 12.5. The van der Waals surface area contributed by atoms with Gasteiger partial charge in [0.2, 0.25) is 0 Å². The summed E-state index contributed by atoms with van der Waals surface area (Å²) in [5, 5.41) is 39.1. The van der Waals surface area contributed by atoms with Gasteiger partial charge in [-0.2, -0.15) is 0 Å². The Kier molecular flexibility index (Phi) is 15.0. The molecule has 34 heavy (non-hydrogen) atoms. The van der Waals surface area contributed by atoms with E-state index in [9.17, 15) is 24.9 Å². The van der Waals surface area contributed by atoms with Crippen LogP contribution in [0.1, 0.15) is 78.6 Å². The van der Waals surface area contributed by atoms with Gasteiger partial charge in [0.05, 0.1) is 31.5 Å². The summed E-state index contributed by atoms with van der Waals surface area (Å²) in [5.74, 6) is -1.40. The molecule has 1 rings (SSSR count). The van der Waals surface area contributed by atoms with E-state index in [1.54, 1.807) is 13.8 Å². The van der Waals surface area contributed by atoms with E-state index in [1.165, 1.54) is 6.08 Å². The summed E-state index contributed by atoms with van der Waals surface area (Å²) in [6.45, 7) is 6.05. The van der Waals surface area contributed by atoms with E-state index >= 15 is 0 Å². The number of carboxylic acid groups (broad SMARTS) is 1. The molecular weight excluding hydrogens is 440 g/mol. The SMILES string of the molecule is C/C(=C\C(=O)OCCCCCCCCC(=O)O)C[C@H]1OC[C@@H](CC=CC(C)[C@H](C)O)[C@@H](O)[C@H]1O. The fraction of sp³-hybridized carbons (Fsp3) is 0.769. The zero-order valence-corrected chi connectivity index (χ0v) is 20.9. The van der Waals surface area contributed by atoms with Gasteiger partial charge in [0, 0.05) is 18.4 Å². The minimum absolute atomic E-state index is 0.0160. The Morgan fingerprint density at radius 2 is 1.71 bits per heavy atom. The summed E-state index contributed by atoms with van der Waals surface area (Å²) in [6.07, 6.45) is 8.56. The number of hydrogen-bond donors (Lipinski definition) is 4. The first-order valence-corrected chi connectivity index (χ1v) is 12.5. The molecule has 1 unspecified atom stereocenters. The Morgan fingerprint density at radius 3 is 2.35 bits per heavy atom. The highest BCUT2D eigenvalue weighted by Crippen LogP contribution is 2.27. The lowest BCUT2D eigenvalue weighted by Crippen LogP contribution is -2.50. The Morgan fingerprint density at radius 1 is 1.06 bits per heavy atom. The minimum Gasteiger partial charge on any atom is -0.481 e. The van der Waals surface area contributed by atoms with E-state index in [0.717, 1.165) is 32.1 Å². The van der Waals surface area contributed by atoms with Crippen molar-refractivity contribution in [2.75, 3.05) is 13.2 Å². The Labute approximate surface area is 203 Å². The topological polar surface area (TPSA) is 134 Å². The maximum Gasteiger partial charge on any atom is 0.330 e. The third kappa shape index (κ3) is 12.6. The Hall–Kier alpha value is -1.74. The summed E-state index contributed by atoms with van der Waals surface area (Å²) < 4.78 is 11.0. The molecule has 0 amide bonds. The van der Waals surface area contributed by atoms with Crippen LogP contribution in [-0.4, -0.2) is 70.0 Å². The van der Waals surface area contributed by atoms with E-state index in [4.69, 9.17) is 14.6 Å². The largest absolute Gasteiger partial charge is 0.481 e. The van der Waals surface area contributed by atoms with Crippen LogP contribution in [0.3, 0.4) is 0 Å². The van der Waals surface area contributed by atoms with Gasteiger partial charge >= 0.3 is 11.9 Å². The molecule has 1 aliphatic rings. The van der Waals surface area contributed by atoms with Gasteiger partial charge in [-0.1, -0.05) is 50.3 Å². The van der Waals surface area contributed by atoms with E-state index in [-0.39, 0.29) is 18.3 Å². The molecule has 1 aliphatic heterocycles. The van der Waals surface area contributed by atoms with Gasteiger partial charge in [0.1, 0.15) is 6.10 Å². The van der Waals surface area contributed by atoms with Crippen molar-refractivity contribution in [2.24, 2.45) is 11.8 Å². The predicted octanol–water partition coefficient (Wildman–Crippen LogP) is 3.38. The molecule has 4 N–H and O–H groups in total. The second-order valence-electron chi connectivity index (χ2n) is 9.50. The second kappa shape index (κ2) is 16.8. The standard InChI is InChI=1S/C26H44O8/c1-18(16-24(30)33-14-9-7-5-4-6-8-13-23(28)29)15-22-26(32)25(31)21(17-34-22)12-10-11-19(2)20(3)27/h10-11,16,19-22,25-27,31-32H,4-9,12-15,17H2,1-3H3,(H,28,29)/b11-10?,18-16+/t19?,20-,21+,22+,25+,26-/m0/s1. The van der Waals surface area contributed by atoms with E-state index in [1.807, 2.05) is 19.1 Å². The van der Waals surface area contributed by atoms with Crippen molar-refractivity contribution in [3.63, 3.8) is 0 Å². The molecule has 0 saturated carbocycles. The molecule has 8 heteroatoms. The van der Waals surface area contributed by atoms with Crippen LogP contribution in [0.5, 0.6) is 0 Å². The summed E-state index contributed by atoms with van der Waals surface area (Å²) in [7, 11) is 0. The van der Waals surface area contributed by atoms with Crippen LogP contribution < -0.4 is 0 Å². The smallest absolute Gasteiger partial charge is 0.330 e. The number of allylic oxidation sites excluding steroid dienone is 1. The number of aliphatic hydroxyl groups excluding tert-OH is 3. The lowest BCUT2D eigenvalue weighted by atomic mass is 9.87. The van der Waals surface area contributed by atoms with Crippen LogP contribution >= 0.6 is 0 Å². The lowest BCUT2D eigenvalue weighted by Gasteiger charge is -2.37. The summed E-state index contributed by atoms with van der Waals surface area (Å²) in [4.78, 5) is 22.5. The second-order valence-corrected chi connectivity index (χ2v) is 9.50. The van der Waals surface area contributed by atoms with Crippen LogP contribution in [-0.2, 0) is 19.1 Å². The quantitative estimate of drug-likeness (QED) is 0.113. The van der Waals surface area contributed by atoms with E-state index in [2.05, 4.69) is 0 Å². The van der Waals surface area contributed by atoms with Crippen LogP contribution in [0.15, 0.2) is 23.8 Å². The normalized spacial score (nSPS) is 25.3. The molecule has 1 saturated heterocycles. The molecule has 1 heterocycles. The number of carboxylic acids is 1. The molecular formula is C26H44O8. The number of aliphatic hydroxyl groups is 3. The van der Waals surface area contributed by atoms with Crippen LogP contribution in [0.4, 0.5) is 0 Å². The van der Waals surface area contributed by atoms with Gasteiger partial charge in [-0.15, -0.1) is 0 Å². The monoisotopic (exact) mass is 484 g/mol. The lowest BCUT2D eigenvalue weighted by molar-refractivity contribution is -0.162. The van der Waals surface area contributed by atoms with Crippen molar-refractivity contribution >= 4 is 11.9 Å². The number of ether oxygens (including phenoxy) is 2. The molecule has 8 nitrogen and oxygen atoms in total. The average molecular weight is 485 g/mol. The predicted molar refractivity (Wildman–Crippen MR) is 129 cm³/mol. The highest BCUT2D eigenvalue weighted by atomic mass is 16.5. The molecule has 6 atom stereocenters. The minimum atomic E-state index is -1.05. The highest BCUT2D eigenvalue weighted by Gasteiger charge is 2.37. The van der Waals surface area contributed by atoms with Crippen LogP contribution in [0, 0.1) is 11.8 Å². The average Bonchev–Trinajstić information content (AvgIpc) is 2.76. The van der Waals surface area contributed by atoms with Gasteiger partial charge in [-0.3, -0.25) is 4.79 Å². The summed E-state index contributed by atoms with van der Waals surface area (Å²) >= 11 is 0. The maximum atomic E-state index is 12.0. The van der Waals surface area contributed by atoms with Gasteiger partial charge in [0.15, 0.2) is 0 Å². The highest BCUT2D eigenvalue weighted by molar-refractivity contribution is 5.82. The number of carbonyl (C=O) groups excluding carboxylic acids is 1. The van der Waals surface area contributed by atoms with Crippen molar-refractivity contribution < 1.29 is 39.5 Å². The fourth-order valence-electron chi connectivity index (χ4n) is 3.84. The van der Waals surface area contributed by atoms with Crippen molar-refractivity contribution in [1.29, 1.82) is 0 Å². The number of hydrogen-bond acceptors (Lipinski definition) is 7. The molecule has 0 radical (unpaired) electrons.